The average Bonchev–Trinajstić information content (AvgIpc) is 2.56. The van der Waals surface area contributed by atoms with Crippen LogP contribution in [0.25, 0.3) is 0 Å². The van der Waals surface area contributed by atoms with Crippen LogP contribution in [0, 0.1) is 32.1 Å². The van der Waals surface area contributed by atoms with Gasteiger partial charge >= 0.3 is 0 Å². The molecule has 5 nitrogen and oxygen atoms in total. The van der Waals surface area contributed by atoms with Gasteiger partial charge in [-0.1, -0.05) is 15.9 Å². The summed E-state index contributed by atoms with van der Waals surface area (Å²) >= 11 is 3.45. The highest BCUT2D eigenvalue weighted by atomic mass is 79.9. The Balaban J connectivity index is 2.19. The largest absolute Gasteiger partial charge is 0.325 e. The Bertz CT molecular complexity index is 925. The number of hydrogen-bond acceptors (Lipinski definition) is 3. The third-order valence-electron chi connectivity index (χ3n) is 4.41. The lowest BCUT2D eigenvalue weighted by Crippen LogP contribution is -2.27. The molecular weight excluding hydrogens is 382 g/mol. The van der Waals surface area contributed by atoms with Crippen LogP contribution in [0.5, 0.6) is 0 Å². The van der Waals surface area contributed by atoms with Crippen LogP contribution in [-0.4, -0.2) is 17.9 Å². The van der Waals surface area contributed by atoms with Crippen LogP contribution >= 0.6 is 15.9 Å². The van der Waals surface area contributed by atoms with Gasteiger partial charge in [0.25, 0.3) is 5.56 Å². The highest BCUT2D eigenvalue weighted by Gasteiger charge is 2.16. The zero-order valence-electron chi connectivity index (χ0n) is 14.7. The summed E-state index contributed by atoms with van der Waals surface area (Å²) in [5.41, 5.74) is 3.83. The molecule has 1 N–H and O–H groups in total. The number of nitrogens with zero attached hydrogens (tertiary/aromatic N) is 2. The quantitative estimate of drug-likeness (QED) is 0.850. The highest BCUT2D eigenvalue weighted by Crippen LogP contribution is 2.23. The standard InChI is InChI=1S/C19H20BrN3O2/c1-11-9-14(5-7-17(11)20)23(4)18(24)8-6-15-12(2)16(10-21)19(25)22-13(15)3/h5,7,9H,6,8H2,1-4H3,(H,22,25). The number of aromatic amines is 1. The monoisotopic (exact) mass is 401 g/mol. The lowest BCUT2D eigenvalue weighted by atomic mass is 9.99. The zero-order valence-corrected chi connectivity index (χ0v) is 16.3. The number of amides is 1. The Labute approximate surface area is 155 Å². The van der Waals surface area contributed by atoms with Crippen molar-refractivity contribution in [2.24, 2.45) is 0 Å². The topological polar surface area (TPSA) is 77.0 Å². The van der Waals surface area contributed by atoms with Crippen molar-refractivity contribution in [3.8, 4) is 6.07 Å². The second-order valence-electron chi connectivity index (χ2n) is 6.06. The van der Waals surface area contributed by atoms with Gasteiger partial charge in [-0.3, -0.25) is 9.59 Å². The van der Waals surface area contributed by atoms with E-state index < -0.39 is 0 Å². The van der Waals surface area contributed by atoms with Crippen LogP contribution in [-0.2, 0) is 11.2 Å². The Morgan fingerprint density at radius 1 is 1.32 bits per heavy atom. The predicted octanol–water partition coefficient (Wildman–Crippen LogP) is 3.53. The molecule has 2 aromatic rings. The summed E-state index contributed by atoms with van der Waals surface area (Å²) in [6, 6.07) is 7.69. The van der Waals surface area contributed by atoms with Crippen LogP contribution in [0.15, 0.2) is 27.5 Å². The van der Waals surface area contributed by atoms with Crippen molar-refractivity contribution in [1.82, 2.24) is 4.98 Å². The minimum Gasteiger partial charge on any atom is -0.325 e. The van der Waals surface area contributed by atoms with Crippen LogP contribution in [0.4, 0.5) is 5.69 Å². The van der Waals surface area contributed by atoms with E-state index in [4.69, 9.17) is 5.26 Å². The van der Waals surface area contributed by atoms with Crippen LogP contribution < -0.4 is 10.5 Å². The summed E-state index contributed by atoms with van der Waals surface area (Å²) in [6.07, 6.45) is 0.770. The molecule has 25 heavy (non-hydrogen) atoms. The zero-order chi connectivity index (χ0) is 18.7. The Morgan fingerprint density at radius 3 is 2.60 bits per heavy atom. The lowest BCUT2D eigenvalue weighted by molar-refractivity contribution is -0.118. The molecule has 2 rings (SSSR count). The minimum atomic E-state index is -0.380. The maximum atomic E-state index is 12.5. The van der Waals surface area contributed by atoms with E-state index in [2.05, 4.69) is 20.9 Å². The second-order valence-corrected chi connectivity index (χ2v) is 6.91. The molecule has 130 valence electrons. The fraction of sp³-hybridized carbons (Fsp3) is 0.316. The Morgan fingerprint density at radius 2 is 2.00 bits per heavy atom. The van der Waals surface area contributed by atoms with Crippen LogP contribution in [0.2, 0.25) is 0 Å². The first-order valence-electron chi connectivity index (χ1n) is 7.91. The summed E-state index contributed by atoms with van der Waals surface area (Å²) in [4.78, 5) is 28.6. The fourth-order valence-corrected chi connectivity index (χ4v) is 3.05. The summed E-state index contributed by atoms with van der Waals surface area (Å²) < 4.78 is 1.00. The third-order valence-corrected chi connectivity index (χ3v) is 5.30. The number of H-pyrrole nitrogens is 1. The van der Waals surface area contributed by atoms with Crippen molar-refractivity contribution in [3.63, 3.8) is 0 Å². The van der Waals surface area contributed by atoms with Crippen LogP contribution in [0.3, 0.4) is 0 Å². The van der Waals surface area contributed by atoms with Crippen molar-refractivity contribution < 1.29 is 4.79 Å². The fourth-order valence-electron chi connectivity index (χ4n) is 2.80. The average molecular weight is 402 g/mol. The highest BCUT2D eigenvalue weighted by molar-refractivity contribution is 9.10. The molecule has 6 heteroatoms. The molecule has 0 radical (unpaired) electrons. The molecule has 0 saturated carbocycles. The van der Waals surface area contributed by atoms with Crippen molar-refractivity contribution in [2.75, 3.05) is 11.9 Å². The normalized spacial score (nSPS) is 10.4. The van der Waals surface area contributed by atoms with Gasteiger partial charge in [-0.2, -0.15) is 5.26 Å². The molecule has 0 aliphatic heterocycles. The summed E-state index contributed by atoms with van der Waals surface area (Å²) in [5, 5.41) is 9.13. The minimum absolute atomic E-state index is 0.0229. The number of pyridine rings is 1. The number of nitrogens with one attached hydrogen (secondary N) is 1. The Kier molecular flexibility index (Phi) is 5.81. The summed E-state index contributed by atoms with van der Waals surface area (Å²) in [5.74, 6) is -0.0229. The van der Waals surface area contributed by atoms with Crippen molar-refractivity contribution in [1.29, 1.82) is 5.26 Å². The molecule has 0 spiro atoms. The molecule has 0 atom stereocenters. The molecular formula is C19H20BrN3O2. The number of halogens is 1. The van der Waals surface area contributed by atoms with E-state index in [9.17, 15) is 9.59 Å². The molecule has 1 amide bonds. The molecule has 0 saturated heterocycles. The lowest BCUT2D eigenvalue weighted by Gasteiger charge is -2.19. The smallest absolute Gasteiger partial charge is 0.266 e. The number of rotatable bonds is 4. The summed E-state index contributed by atoms with van der Waals surface area (Å²) in [7, 11) is 1.75. The number of nitriles is 1. The number of carbonyl (C=O) groups is 1. The number of carbonyl (C=O) groups excluding carboxylic acids is 1. The van der Waals surface area contributed by atoms with Gasteiger partial charge in [0.1, 0.15) is 11.6 Å². The van der Waals surface area contributed by atoms with Crippen molar-refractivity contribution >= 4 is 27.5 Å². The van der Waals surface area contributed by atoms with Crippen molar-refractivity contribution in [2.45, 2.75) is 33.6 Å². The van der Waals surface area contributed by atoms with E-state index in [-0.39, 0.29) is 17.0 Å². The first kappa shape index (κ1) is 18.9. The maximum Gasteiger partial charge on any atom is 0.266 e. The van der Waals surface area contributed by atoms with Gasteiger partial charge in [-0.25, -0.2) is 0 Å². The predicted molar refractivity (Wildman–Crippen MR) is 102 cm³/mol. The van der Waals surface area contributed by atoms with E-state index in [1.54, 1.807) is 25.8 Å². The molecule has 0 aliphatic rings. The van der Waals surface area contributed by atoms with E-state index in [0.29, 0.717) is 24.1 Å². The van der Waals surface area contributed by atoms with Gasteiger partial charge in [0.05, 0.1) is 0 Å². The number of aryl methyl sites for hydroxylation is 2. The molecule has 1 heterocycles. The van der Waals surface area contributed by atoms with Gasteiger partial charge in [-0.15, -0.1) is 0 Å². The van der Waals surface area contributed by atoms with E-state index in [0.717, 1.165) is 21.3 Å². The van der Waals surface area contributed by atoms with Gasteiger partial charge in [-0.05, 0) is 62.1 Å². The number of aromatic nitrogens is 1. The first-order valence-corrected chi connectivity index (χ1v) is 8.70. The third kappa shape index (κ3) is 3.99. The van der Waals surface area contributed by atoms with Gasteiger partial charge in [0.2, 0.25) is 5.91 Å². The van der Waals surface area contributed by atoms with E-state index in [1.807, 2.05) is 31.2 Å². The molecule has 0 bridgehead atoms. The number of benzene rings is 1. The van der Waals surface area contributed by atoms with Crippen LogP contribution in [0.1, 0.15) is 34.4 Å². The number of hydrogen-bond donors (Lipinski definition) is 1. The molecule has 0 unspecified atom stereocenters. The molecule has 0 fully saturated rings. The Hall–Kier alpha value is -2.39. The maximum absolute atomic E-state index is 12.5. The number of anilines is 1. The van der Waals surface area contributed by atoms with E-state index >= 15 is 0 Å². The molecule has 1 aromatic heterocycles. The molecule has 1 aromatic carbocycles. The summed E-state index contributed by atoms with van der Waals surface area (Å²) in [6.45, 7) is 5.52. The SMILES string of the molecule is Cc1cc(N(C)C(=O)CCc2c(C)[nH]c(=O)c(C#N)c2C)ccc1Br. The van der Waals surface area contributed by atoms with E-state index in [1.165, 1.54) is 0 Å². The van der Waals surface area contributed by atoms with Gasteiger partial charge < -0.3 is 9.88 Å². The van der Waals surface area contributed by atoms with Crippen molar-refractivity contribution in [3.05, 3.63) is 61.0 Å². The molecule has 0 aliphatic carbocycles. The van der Waals surface area contributed by atoms with Gasteiger partial charge in [0.15, 0.2) is 0 Å². The first-order chi connectivity index (χ1) is 11.8. The second kappa shape index (κ2) is 7.66. The van der Waals surface area contributed by atoms with Gasteiger partial charge in [0, 0.05) is 29.3 Å².